The molecule has 1 atom stereocenters. The number of rotatable bonds is 5. The van der Waals surface area contributed by atoms with Crippen molar-refractivity contribution in [2.45, 2.75) is 32.6 Å². The molecule has 1 unspecified atom stereocenters. The lowest BCUT2D eigenvalue weighted by Crippen LogP contribution is -2.08. The van der Waals surface area contributed by atoms with Crippen molar-refractivity contribution in [3.63, 3.8) is 0 Å². The highest BCUT2D eigenvalue weighted by Crippen LogP contribution is 2.21. The SMILES string of the molecule is CCCC(C)c1ccc(C(=O)Oc2ccccc2)cc1. The molecule has 2 aromatic carbocycles. The third kappa shape index (κ3) is 3.70. The molecule has 2 rings (SSSR count). The first kappa shape index (κ1) is 14.3. The third-order valence-electron chi connectivity index (χ3n) is 3.39. The van der Waals surface area contributed by atoms with Crippen LogP contribution < -0.4 is 4.74 Å². The molecule has 0 fully saturated rings. The lowest BCUT2D eigenvalue weighted by Gasteiger charge is -2.11. The lowest BCUT2D eigenvalue weighted by atomic mass is 9.96. The summed E-state index contributed by atoms with van der Waals surface area (Å²) in [5.41, 5.74) is 1.85. The van der Waals surface area contributed by atoms with Gasteiger partial charge in [-0.1, -0.05) is 50.6 Å². The van der Waals surface area contributed by atoms with Gasteiger partial charge in [0, 0.05) is 0 Å². The van der Waals surface area contributed by atoms with Crippen LogP contribution in [-0.4, -0.2) is 5.97 Å². The van der Waals surface area contributed by atoms with Gasteiger partial charge in [-0.2, -0.15) is 0 Å². The molecule has 0 radical (unpaired) electrons. The molecule has 2 aromatic rings. The van der Waals surface area contributed by atoms with Gasteiger partial charge in [-0.05, 0) is 42.2 Å². The molecule has 0 heterocycles. The van der Waals surface area contributed by atoms with E-state index in [1.807, 2.05) is 42.5 Å². The molecule has 0 aliphatic heterocycles. The number of carbonyl (C=O) groups is 1. The van der Waals surface area contributed by atoms with E-state index in [4.69, 9.17) is 4.74 Å². The minimum absolute atomic E-state index is 0.314. The molecule has 0 saturated carbocycles. The Balaban J connectivity index is 2.04. The van der Waals surface area contributed by atoms with Crippen LogP contribution in [0.5, 0.6) is 5.75 Å². The second-order valence-electron chi connectivity index (χ2n) is 5.01. The number of benzene rings is 2. The monoisotopic (exact) mass is 268 g/mol. The van der Waals surface area contributed by atoms with Gasteiger partial charge >= 0.3 is 5.97 Å². The van der Waals surface area contributed by atoms with E-state index in [2.05, 4.69) is 13.8 Å². The van der Waals surface area contributed by atoms with Gasteiger partial charge in [0.1, 0.15) is 5.75 Å². The molecule has 0 spiro atoms. The molecule has 20 heavy (non-hydrogen) atoms. The first-order chi connectivity index (χ1) is 9.70. The van der Waals surface area contributed by atoms with Gasteiger partial charge in [0.25, 0.3) is 0 Å². The summed E-state index contributed by atoms with van der Waals surface area (Å²) in [6.45, 7) is 4.39. The number of para-hydroxylation sites is 1. The Kier molecular flexibility index (Phi) is 4.94. The molecule has 0 aromatic heterocycles. The fourth-order valence-electron chi connectivity index (χ4n) is 2.20. The average Bonchev–Trinajstić information content (AvgIpc) is 2.48. The molecule has 0 aliphatic rings. The van der Waals surface area contributed by atoms with E-state index in [-0.39, 0.29) is 5.97 Å². The van der Waals surface area contributed by atoms with Crippen molar-refractivity contribution in [2.75, 3.05) is 0 Å². The van der Waals surface area contributed by atoms with Crippen molar-refractivity contribution in [3.8, 4) is 5.75 Å². The Morgan fingerprint density at radius 3 is 2.30 bits per heavy atom. The van der Waals surface area contributed by atoms with Crippen LogP contribution in [0.4, 0.5) is 0 Å². The van der Waals surface area contributed by atoms with E-state index in [1.165, 1.54) is 12.0 Å². The molecular weight excluding hydrogens is 248 g/mol. The summed E-state index contributed by atoms with van der Waals surface area (Å²) < 4.78 is 5.31. The van der Waals surface area contributed by atoms with Crippen LogP contribution >= 0.6 is 0 Å². The quantitative estimate of drug-likeness (QED) is 0.574. The van der Waals surface area contributed by atoms with E-state index >= 15 is 0 Å². The lowest BCUT2D eigenvalue weighted by molar-refractivity contribution is 0.0735. The van der Waals surface area contributed by atoms with Crippen molar-refractivity contribution < 1.29 is 9.53 Å². The van der Waals surface area contributed by atoms with Crippen LogP contribution in [0.1, 0.15) is 48.5 Å². The maximum Gasteiger partial charge on any atom is 0.343 e. The largest absolute Gasteiger partial charge is 0.423 e. The smallest absolute Gasteiger partial charge is 0.343 e. The summed E-state index contributed by atoms with van der Waals surface area (Å²) in [7, 11) is 0. The van der Waals surface area contributed by atoms with E-state index in [1.54, 1.807) is 12.1 Å². The maximum atomic E-state index is 12.0. The van der Waals surface area contributed by atoms with Crippen LogP contribution in [-0.2, 0) is 0 Å². The van der Waals surface area contributed by atoms with E-state index in [0.717, 1.165) is 6.42 Å². The van der Waals surface area contributed by atoms with Crippen molar-refractivity contribution >= 4 is 5.97 Å². The predicted molar refractivity (Wildman–Crippen MR) is 81.2 cm³/mol. The van der Waals surface area contributed by atoms with Crippen LogP contribution in [0.15, 0.2) is 54.6 Å². The Morgan fingerprint density at radius 2 is 1.70 bits per heavy atom. The van der Waals surface area contributed by atoms with Crippen LogP contribution in [0.2, 0.25) is 0 Å². The summed E-state index contributed by atoms with van der Waals surface area (Å²) in [6, 6.07) is 16.8. The Morgan fingerprint density at radius 1 is 1.05 bits per heavy atom. The zero-order chi connectivity index (χ0) is 14.4. The highest BCUT2D eigenvalue weighted by atomic mass is 16.5. The first-order valence-electron chi connectivity index (χ1n) is 7.08. The summed E-state index contributed by atoms with van der Waals surface area (Å²) in [5, 5.41) is 0. The fourth-order valence-corrected chi connectivity index (χ4v) is 2.20. The highest BCUT2D eigenvalue weighted by Gasteiger charge is 2.10. The second kappa shape index (κ2) is 6.90. The van der Waals surface area contributed by atoms with Gasteiger partial charge in [-0.3, -0.25) is 0 Å². The van der Waals surface area contributed by atoms with Gasteiger partial charge in [0.15, 0.2) is 0 Å². The molecule has 0 amide bonds. The molecule has 2 nitrogen and oxygen atoms in total. The summed E-state index contributed by atoms with van der Waals surface area (Å²) in [6.07, 6.45) is 2.33. The Hall–Kier alpha value is -2.09. The van der Waals surface area contributed by atoms with Crippen LogP contribution in [0.3, 0.4) is 0 Å². The molecule has 0 N–H and O–H groups in total. The number of hydrogen-bond acceptors (Lipinski definition) is 2. The molecule has 2 heteroatoms. The van der Waals surface area contributed by atoms with Gasteiger partial charge < -0.3 is 4.74 Å². The topological polar surface area (TPSA) is 26.3 Å². The molecule has 104 valence electrons. The minimum Gasteiger partial charge on any atom is -0.423 e. The number of esters is 1. The van der Waals surface area contributed by atoms with E-state index in [9.17, 15) is 4.79 Å². The molecular formula is C18H20O2. The highest BCUT2D eigenvalue weighted by molar-refractivity contribution is 5.91. The molecule has 0 aliphatic carbocycles. The minimum atomic E-state index is -0.314. The zero-order valence-corrected chi connectivity index (χ0v) is 12.0. The predicted octanol–water partition coefficient (Wildman–Crippen LogP) is 4.81. The van der Waals surface area contributed by atoms with Gasteiger partial charge in [0.2, 0.25) is 0 Å². The average molecular weight is 268 g/mol. The summed E-state index contributed by atoms with van der Waals surface area (Å²) in [5.74, 6) is 0.783. The van der Waals surface area contributed by atoms with E-state index < -0.39 is 0 Å². The fraction of sp³-hybridized carbons (Fsp3) is 0.278. The Labute approximate surface area is 120 Å². The van der Waals surface area contributed by atoms with Gasteiger partial charge in [0.05, 0.1) is 5.56 Å². The standard InChI is InChI=1S/C18H20O2/c1-3-7-14(2)15-10-12-16(13-11-15)18(19)20-17-8-5-4-6-9-17/h4-6,8-14H,3,7H2,1-2H3. The van der Waals surface area contributed by atoms with Crippen molar-refractivity contribution in [1.82, 2.24) is 0 Å². The normalized spacial score (nSPS) is 11.9. The molecule has 0 bridgehead atoms. The third-order valence-corrected chi connectivity index (χ3v) is 3.39. The van der Waals surface area contributed by atoms with Crippen molar-refractivity contribution in [1.29, 1.82) is 0 Å². The molecule has 0 saturated heterocycles. The van der Waals surface area contributed by atoms with Crippen LogP contribution in [0, 0.1) is 0 Å². The first-order valence-corrected chi connectivity index (χ1v) is 7.08. The summed E-state index contributed by atoms with van der Waals surface area (Å²) in [4.78, 5) is 12.0. The van der Waals surface area contributed by atoms with Crippen molar-refractivity contribution in [2.24, 2.45) is 0 Å². The number of hydrogen-bond donors (Lipinski definition) is 0. The maximum absolute atomic E-state index is 12.0. The number of carbonyl (C=O) groups excluding carboxylic acids is 1. The Bertz CT molecular complexity index is 543. The zero-order valence-electron chi connectivity index (χ0n) is 12.0. The van der Waals surface area contributed by atoms with Gasteiger partial charge in [-0.25, -0.2) is 4.79 Å². The second-order valence-corrected chi connectivity index (χ2v) is 5.01. The number of ether oxygens (including phenoxy) is 1. The van der Waals surface area contributed by atoms with Crippen LogP contribution in [0.25, 0.3) is 0 Å². The van der Waals surface area contributed by atoms with E-state index in [0.29, 0.717) is 17.2 Å². The van der Waals surface area contributed by atoms with Crippen molar-refractivity contribution in [3.05, 3.63) is 65.7 Å². The van der Waals surface area contributed by atoms with Gasteiger partial charge in [-0.15, -0.1) is 0 Å². The summed E-state index contributed by atoms with van der Waals surface area (Å²) >= 11 is 0.